The van der Waals surface area contributed by atoms with Crippen LogP contribution in [0.1, 0.15) is 13.8 Å². The molecule has 1 rings (SSSR count). The fourth-order valence-electron chi connectivity index (χ4n) is 1.06. The number of allylic oxidation sites excluding steroid dienone is 1. The molecule has 0 spiro atoms. The van der Waals surface area contributed by atoms with Crippen molar-refractivity contribution in [2.24, 2.45) is 0 Å². The van der Waals surface area contributed by atoms with E-state index in [1.54, 1.807) is 6.92 Å². The van der Waals surface area contributed by atoms with E-state index in [9.17, 15) is 9.59 Å². The summed E-state index contributed by atoms with van der Waals surface area (Å²) in [6.07, 6.45) is 1.29. The number of rotatable bonds is 1. The van der Waals surface area contributed by atoms with Crippen LogP contribution in [0.25, 0.3) is 0 Å². The fourth-order valence-corrected chi connectivity index (χ4v) is 1.06. The predicted molar refractivity (Wildman–Crippen MR) is 40.3 cm³/mol. The number of carbonyl (C=O) groups excluding carboxylic acids is 2. The molecule has 1 aliphatic rings. The minimum atomic E-state index is -1.46. The van der Waals surface area contributed by atoms with Gasteiger partial charge in [0.1, 0.15) is 0 Å². The van der Waals surface area contributed by atoms with E-state index in [2.05, 4.69) is 4.74 Å². The third-order valence-corrected chi connectivity index (χ3v) is 1.74. The zero-order chi connectivity index (χ0) is 9.35. The lowest BCUT2D eigenvalue weighted by Gasteiger charge is -2.19. The number of esters is 1. The predicted octanol–water partition coefficient (Wildman–Crippen LogP) is 0.421. The molecular formula is C8H10O4. The maximum absolute atomic E-state index is 11.2. The Morgan fingerprint density at radius 1 is 1.67 bits per heavy atom. The number of carbonyl (C=O) groups is 2. The van der Waals surface area contributed by atoms with Crippen LogP contribution in [0.4, 0.5) is 0 Å². The van der Waals surface area contributed by atoms with E-state index < -0.39 is 11.6 Å². The second-order valence-corrected chi connectivity index (χ2v) is 2.75. The zero-order valence-corrected chi connectivity index (χ0v) is 7.21. The van der Waals surface area contributed by atoms with Gasteiger partial charge in [-0.25, -0.2) is 4.79 Å². The largest absolute Gasteiger partial charge is 0.472 e. The van der Waals surface area contributed by atoms with Crippen molar-refractivity contribution < 1.29 is 19.1 Å². The number of ether oxygens (including phenoxy) is 2. The van der Waals surface area contributed by atoms with Gasteiger partial charge in [0.15, 0.2) is 0 Å². The molecule has 0 N–H and O–H groups in total. The topological polar surface area (TPSA) is 52.6 Å². The monoisotopic (exact) mass is 170 g/mol. The Hall–Kier alpha value is -1.32. The van der Waals surface area contributed by atoms with Gasteiger partial charge in [0, 0.05) is 6.08 Å². The molecule has 0 saturated heterocycles. The highest BCUT2D eigenvalue weighted by Crippen LogP contribution is 2.25. The van der Waals surface area contributed by atoms with Crippen molar-refractivity contribution in [2.45, 2.75) is 19.4 Å². The molecule has 0 saturated carbocycles. The van der Waals surface area contributed by atoms with Gasteiger partial charge < -0.3 is 9.47 Å². The van der Waals surface area contributed by atoms with Crippen LogP contribution in [0.15, 0.2) is 11.8 Å². The summed E-state index contributed by atoms with van der Waals surface area (Å²) in [5, 5.41) is 0. The first-order valence-electron chi connectivity index (χ1n) is 3.51. The van der Waals surface area contributed by atoms with E-state index in [0.29, 0.717) is 5.76 Å². The quantitative estimate of drug-likeness (QED) is 0.422. The Labute approximate surface area is 70.1 Å². The van der Waals surface area contributed by atoms with Gasteiger partial charge in [-0.2, -0.15) is 0 Å². The zero-order valence-electron chi connectivity index (χ0n) is 7.21. The van der Waals surface area contributed by atoms with Crippen molar-refractivity contribution in [1.82, 2.24) is 0 Å². The second kappa shape index (κ2) is 2.62. The lowest BCUT2D eigenvalue weighted by Crippen LogP contribution is -2.42. The Balaban J connectivity index is 2.90. The van der Waals surface area contributed by atoms with Crippen molar-refractivity contribution in [1.29, 1.82) is 0 Å². The van der Waals surface area contributed by atoms with Gasteiger partial charge in [-0.05, 0) is 13.8 Å². The molecule has 66 valence electrons. The summed E-state index contributed by atoms with van der Waals surface area (Å²) in [5.41, 5.74) is -1.46. The maximum atomic E-state index is 11.2. The van der Waals surface area contributed by atoms with Crippen LogP contribution in [0.3, 0.4) is 0 Å². The van der Waals surface area contributed by atoms with Crippen LogP contribution in [-0.2, 0) is 19.1 Å². The third-order valence-electron chi connectivity index (χ3n) is 1.74. The summed E-state index contributed by atoms with van der Waals surface area (Å²) in [4.78, 5) is 22.3. The molecule has 0 bridgehead atoms. The molecule has 1 aliphatic heterocycles. The summed E-state index contributed by atoms with van der Waals surface area (Å²) in [7, 11) is 1.22. The number of hydrogen-bond acceptors (Lipinski definition) is 4. The van der Waals surface area contributed by atoms with Gasteiger partial charge >= 0.3 is 5.97 Å². The first kappa shape index (κ1) is 8.77. The van der Waals surface area contributed by atoms with Crippen molar-refractivity contribution in [2.75, 3.05) is 7.11 Å². The molecule has 1 atom stereocenters. The lowest BCUT2D eigenvalue weighted by molar-refractivity contribution is -0.164. The van der Waals surface area contributed by atoms with Crippen LogP contribution < -0.4 is 0 Å². The van der Waals surface area contributed by atoms with Gasteiger partial charge in [-0.15, -0.1) is 0 Å². The number of ketones is 1. The van der Waals surface area contributed by atoms with E-state index in [0.717, 1.165) is 0 Å². The first-order chi connectivity index (χ1) is 5.50. The fraction of sp³-hybridized carbons (Fsp3) is 0.500. The summed E-state index contributed by atoms with van der Waals surface area (Å²) in [5.74, 6) is -0.597. The van der Waals surface area contributed by atoms with Crippen molar-refractivity contribution in [3.8, 4) is 0 Å². The molecule has 0 aromatic heterocycles. The molecule has 4 heteroatoms. The van der Waals surface area contributed by atoms with Gasteiger partial charge in [0.05, 0.1) is 12.9 Å². The minimum absolute atomic E-state index is 0.369. The number of hydrogen-bond donors (Lipinski definition) is 0. The second-order valence-electron chi connectivity index (χ2n) is 2.75. The Kier molecular flexibility index (Phi) is 1.92. The van der Waals surface area contributed by atoms with Crippen LogP contribution in [0.2, 0.25) is 0 Å². The molecule has 4 nitrogen and oxygen atoms in total. The normalized spacial score (nSPS) is 27.9. The van der Waals surface area contributed by atoms with Crippen LogP contribution >= 0.6 is 0 Å². The van der Waals surface area contributed by atoms with Gasteiger partial charge in [0.2, 0.25) is 5.78 Å². The molecule has 0 aromatic carbocycles. The highest BCUT2D eigenvalue weighted by atomic mass is 16.6. The average molecular weight is 170 g/mol. The summed E-state index contributed by atoms with van der Waals surface area (Å²) in [6, 6.07) is 0. The smallest absolute Gasteiger partial charge is 0.358 e. The Morgan fingerprint density at radius 2 is 2.25 bits per heavy atom. The molecule has 0 radical (unpaired) electrons. The molecule has 0 aliphatic carbocycles. The van der Waals surface area contributed by atoms with Gasteiger partial charge in [-0.1, -0.05) is 0 Å². The summed E-state index contributed by atoms with van der Waals surface area (Å²) in [6.45, 7) is 3.01. The molecule has 0 aromatic rings. The number of methoxy groups -OCH3 is 1. The Bertz CT molecular complexity index is 266. The molecule has 0 fully saturated rings. The van der Waals surface area contributed by atoms with E-state index in [-0.39, 0.29) is 5.78 Å². The van der Waals surface area contributed by atoms with E-state index in [1.807, 2.05) is 0 Å². The SMILES string of the molecule is COC(=O)C1(C)OC(C)=CC1=O. The van der Waals surface area contributed by atoms with Crippen molar-refractivity contribution in [3.05, 3.63) is 11.8 Å². The van der Waals surface area contributed by atoms with Crippen molar-refractivity contribution in [3.63, 3.8) is 0 Å². The van der Waals surface area contributed by atoms with Crippen molar-refractivity contribution >= 4 is 11.8 Å². The van der Waals surface area contributed by atoms with Crippen LogP contribution in [0.5, 0.6) is 0 Å². The molecule has 1 unspecified atom stereocenters. The highest BCUT2D eigenvalue weighted by molar-refractivity contribution is 6.13. The lowest BCUT2D eigenvalue weighted by atomic mass is 10.0. The molecule has 12 heavy (non-hydrogen) atoms. The molecule has 0 amide bonds. The van der Waals surface area contributed by atoms with Gasteiger partial charge in [-0.3, -0.25) is 4.79 Å². The standard InChI is InChI=1S/C8H10O4/c1-5-4-6(9)8(2,12-5)7(10)11-3/h4H,1-3H3. The Morgan fingerprint density at radius 3 is 2.58 bits per heavy atom. The van der Waals surface area contributed by atoms with E-state index >= 15 is 0 Å². The van der Waals surface area contributed by atoms with E-state index in [1.165, 1.54) is 20.1 Å². The van der Waals surface area contributed by atoms with E-state index in [4.69, 9.17) is 4.74 Å². The van der Waals surface area contributed by atoms with Crippen LogP contribution in [0, 0.1) is 0 Å². The molecule has 1 heterocycles. The van der Waals surface area contributed by atoms with Crippen LogP contribution in [-0.4, -0.2) is 24.5 Å². The third kappa shape index (κ3) is 1.09. The average Bonchev–Trinajstić information content (AvgIpc) is 2.26. The maximum Gasteiger partial charge on any atom is 0.358 e. The highest BCUT2D eigenvalue weighted by Gasteiger charge is 2.47. The van der Waals surface area contributed by atoms with Gasteiger partial charge in [0.25, 0.3) is 5.60 Å². The summed E-state index contributed by atoms with van der Waals surface area (Å²) < 4.78 is 9.49. The minimum Gasteiger partial charge on any atom is -0.472 e. The summed E-state index contributed by atoms with van der Waals surface area (Å²) >= 11 is 0. The molecular weight excluding hydrogens is 160 g/mol. The first-order valence-corrected chi connectivity index (χ1v) is 3.51.